The molecule has 32 heavy (non-hydrogen) atoms. The SMILES string of the molecule is Cn1c(CNC(=O)CCC2(Cc3ccsc3)CCC(=O)N2)nc2cc(C(F)(F)F)ccc21. The van der Waals surface area contributed by atoms with Crippen molar-refractivity contribution in [2.45, 2.75) is 50.4 Å². The van der Waals surface area contributed by atoms with Crippen molar-refractivity contribution in [3.8, 4) is 0 Å². The zero-order valence-corrected chi connectivity index (χ0v) is 18.3. The van der Waals surface area contributed by atoms with Crippen molar-refractivity contribution in [3.63, 3.8) is 0 Å². The lowest BCUT2D eigenvalue weighted by atomic mass is 9.85. The van der Waals surface area contributed by atoms with Crippen LogP contribution in [0, 0.1) is 0 Å². The number of imidazole rings is 1. The van der Waals surface area contributed by atoms with Gasteiger partial charge in [-0.15, -0.1) is 0 Å². The van der Waals surface area contributed by atoms with E-state index in [4.69, 9.17) is 0 Å². The second-order valence-electron chi connectivity index (χ2n) is 8.20. The number of carbonyl (C=O) groups excluding carboxylic acids is 2. The molecule has 1 saturated heterocycles. The van der Waals surface area contributed by atoms with Gasteiger partial charge in [0.15, 0.2) is 0 Å². The zero-order valence-electron chi connectivity index (χ0n) is 17.5. The molecular weight excluding hydrogens is 441 g/mol. The number of aromatic nitrogens is 2. The number of aryl methyl sites for hydroxylation is 1. The highest BCUT2D eigenvalue weighted by atomic mass is 32.1. The molecule has 10 heteroatoms. The molecule has 6 nitrogen and oxygen atoms in total. The third-order valence-electron chi connectivity index (χ3n) is 5.93. The largest absolute Gasteiger partial charge is 0.416 e. The summed E-state index contributed by atoms with van der Waals surface area (Å²) in [6, 6.07) is 5.44. The molecule has 3 heterocycles. The number of thiophene rings is 1. The molecule has 1 aliphatic rings. The van der Waals surface area contributed by atoms with E-state index in [2.05, 4.69) is 15.6 Å². The lowest BCUT2D eigenvalue weighted by Gasteiger charge is -2.29. The number of nitrogens with zero attached hydrogens (tertiary/aromatic N) is 2. The fraction of sp³-hybridized carbons (Fsp3) is 0.409. The Morgan fingerprint density at radius 3 is 2.81 bits per heavy atom. The van der Waals surface area contributed by atoms with E-state index < -0.39 is 17.3 Å². The Hall–Kier alpha value is -2.88. The number of halogens is 3. The second-order valence-corrected chi connectivity index (χ2v) is 8.98. The maximum absolute atomic E-state index is 12.9. The van der Waals surface area contributed by atoms with Crippen molar-refractivity contribution in [2.24, 2.45) is 7.05 Å². The summed E-state index contributed by atoms with van der Waals surface area (Å²) in [6.07, 6.45) is -1.88. The zero-order chi connectivity index (χ0) is 22.9. The van der Waals surface area contributed by atoms with Crippen molar-refractivity contribution in [1.29, 1.82) is 0 Å². The second kappa shape index (κ2) is 8.57. The number of rotatable bonds is 7. The third kappa shape index (κ3) is 4.79. The molecule has 0 saturated carbocycles. The Morgan fingerprint density at radius 2 is 2.16 bits per heavy atom. The van der Waals surface area contributed by atoms with Gasteiger partial charge in [-0.3, -0.25) is 9.59 Å². The lowest BCUT2D eigenvalue weighted by Crippen LogP contribution is -2.44. The average molecular weight is 465 g/mol. The minimum absolute atomic E-state index is 0.00133. The summed E-state index contributed by atoms with van der Waals surface area (Å²) in [5, 5.41) is 9.89. The monoisotopic (exact) mass is 464 g/mol. The molecule has 1 unspecified atom stereocenters. The van der Waals surface area contributed by atoms with Crippen LogP contribution in [0.2, 0.25) is 0 Å². The molecule has 0 aliphatic carbocycles. The van der Waals surface area contributed by atoms with E-state index in [0.717, 1.165) is 17.7 Å². The summed E-state index contributed by atoms with van der Waals surface area (Å²) in [4.78, 5) is 28.6. The van der Waals surface area contributed by atoms with Gasteiger partial charge < -0.3 is 15.2 Å². The number of carbonyl (C=O) groups is 2. The van der Waals surface area contributed by atoms with E-state index in [-0.39, 0.29) is 30.3 Å². The Labute approximate surface area is 186 Å². The highest BCUT2D eigenvalue weighted by Gasteiger charge is 2.38. The number of benzene rings is 1. The molecule has 0 bridgehead atoms. The van der Waals surface area contributed by atoms with E-state index in [1.165, 1.54) is 6.07 Å². The van der Waals surface area contributed by atoms with Crippen LogP contribution in [0.25, 0.3) is 11.0 Å². The molecule has 1 atom stereocenters. The summed E-state index contributed by atoms with van der Waals surface area (Å²) in [5.74, 6) is 0.271. The van der Waals surface area contributed by atoms with Crippen LogP contribution in [-0.2, 0) is 35.8 Å². The van der Waals surface area contributed by atoms with Gasteiger partial charge in [-0.05, 0) is 59.9 Å². The first-order valence-electron chi connectivity index (χ1n) is 10.3. The number of amides is 2. The minimum Gasteiger partial charge on any atom is -0.350 e. The maximum Gasteiger partial charge on any atom is 0.416 e. The van der Waals surface area contributed by atoms with Crippen LogP contribution in [0.4, 0.5) is 13.2 Å². The van der Waals surface area contributed by atoms with Gasteiger partial charge in [-0.25, -0.2) is 4.98 Å². The molecule has 2 aromatic heterocycles. The molecule has 3 aromatic rings. The van der Waals surface area contributed by atoms with Crippen LogP contribution in [0.15, 0.2) is 35.0 Å². The first-order valence-corrected chi connectivity index (χ1v) is 11.2. The molecule has 1 aliphatic heterocycles. The van der Waals surface area contributed by atoms with Gasteiger partial charge in [0, 0.05) is 25.4 Å². The molecular formula is C22H23F3N4O2S. The first kappa shape index (κ1) is 22.3. The van der Waals surface area contributed by atoms with Crippen molar-refractivity contribution in [3.05, 3.63) is 52.0 Å². The molecule has 170 valence electrons. The van der Waals surface area contributed by atoms with Crippen LogP contribution in [-0.4, -0.2) is 26.9 Å². The van der Waals surface area contributed by atoms with Gasteiger partial charge in [-0.2, -0.15) is 24.5 Å². The number of alkyl halides is 3. The quantitative estimate of drug-likeness (QED) is 0.556. The lowest BCUT2D eigenvalue weighted by molar-refractivity contribution is -0.137. The summed E-state index contributed by atoms with van der Waals surface area (Å²) in [6.45, 7) is 0.106. The Bertz CT molecular complexity index is 1140. The van der Waals surface area contributed by atoms with Crippen molar-refractivity contribution in [2.75, 3.05) is 0 Å². The van der Waals surface area contributed by atoms with E-state index in [1.54, 1.807) is 23.0 Å². The van der Waals surface area contributed by atoms with E-state index in [1.807, 2.05) is 16.8 Å². The summed E-state index contributed by atoms with van der Waals surface area (Å²) in [5.41, 5.74) is 0.742. The van der Waals surface area contributed by atoms with Gasteiger partial charge in [-0.1, -0.05) is 0 Å². The summed E-state index contributed by atoms with van der Waals surface area (Å²) >= 11 is 1.59. The van der Waals surface area contributed by atoms with E-state index in [0.29, 0.717) is 37.0 Å². The topological polar surface area (TPSA) is 76.0 Å². The normalized spacial score (nSPS) is 18.8. The molecule has 2 N–H and O–H groups in total. The van der Waals surface area contributed by atoms with Gasteiger partial charge in [0.1, 0.15) is 5.82 Å². The van der Waals surface area contributed by atoms with Crippen LogP contribution in [0.3, 0.4) is 0 Å². The average Bonchev–Trinajstić information content (AvgIpc) is 3.45. The van der Waals surface area contributed by atoms with Crippen LogP contribution in [0.5, 0.6) is 0 Å². The number of fused-ring (bicyclic) bond motifs is 1. The summed E-state index contributed by atoms with van der Waals surface area (Å²) in [7, 11) is 1.70. The van der Waals surface area contributed by atoms with Crippen LogP contribution in [0.1, 0.15) is 42.6 Å². The summed E-state index contributed by atoms with van der Waals surface area (Å²) < 4.78 is 40.5. The molecule has 0 radical (unpaired) electrons. The Morgan fingerprint density at radius 1 is 1.34 bits per heavy atom. The van der Waals surface area contributed by atoms with Gasteiger partial charge >= 0.3 is 6.18 Å². The Kier molecular flexibility index (Phi) is 5.98. The van der Waals surface area contributed by atoms with Crippen molar-refractivity contribution in [1.82, 2.24) is 20.2 Å². The fourth-order valence-electron chi connectivity index (χ4n) is 4.17. The molecule has 1 aromatic carbocycles. The Balaban J connectivity index is 1.38. The van der Waals surface area contributed by atoms with Crippen LogP contribution >= 0.6 is 11.3 Å². The molecule has 4 rings (SSSR count). The van der Waals surface area contributed by atoms with Gasteiger partial charge in [0.2, 0.25) is 11.8 Å². The highest BCUT2D eigenvalue weighted by Crippen LogP contribution is 2.32. The van der Waals surface area contributed by atoms with E-state index in [9.17, 15) is 22.8 Å². The van der Waals surface area contributed by atoms with Gasteiger partial charge in [0.25, 0.3) is 0 Å². The molecule has 1 fully saturated rings. The highest BCUT2D eigenvalue weighted by molar-refractivity contribution is 7.07. The van der Waals surface area contributed by atoms with Gasteiger partial charge in [0.05, 0.1) is 23.1 Å². The van der Waals surface area contributed by atoms with Crippen molar-refractivity contribution >= 4 is 34.2 Å². The smallest absolute Gasteiger partial charge is 0.350 e. The predicted molar refractivity (Wildman–Crippen MR) is 115 cm³/mol. The van der Waals surface area contributed by atoms with Crippen molar-refractivity contribution < 1.29 is 22.8 Å². The predicted octanol–water partition coefficient (Wildman–Crippen LogP) is 3.94. The van der Waals surface area contributed by atoms with Crippen LogP contribution < -0.4 is 10.6 Å². The first-order chi connectivity index (χ1) is 15.2. The molecule has 2 amide bonds. The number of hydrogen-bond acceptors (Lipinski definition) is 4. The number of nitrogens with one attached hydrogen (secondary N) is 2. The van der Waals surface area contributed by atoms with E-state index >= 15 is 0 Å². The molecule has 0 spiro atoms. The fourth-order valence-corrected chi connectivity index (χ4v) is 4.84. The maximum atomic E-state index is 12.9. The number of hydrogen-bond donors (Lipinski definition) is 2. The third-order valence-corrected chi connectivity index (χ3v) is 6.66. The standard InChI is InChI=1S/C22H23F3N4O2S/c1-29-17-3-2-15(22(23,24)25)10-16(17)27-18(29)12-26-19(30)4-7-21(8-5-20(31)28-21)11-14-6-9-32-13-14/h2-3,6,9-10,13H,4-5,7-8,11-12H2,1H3,(H,26,30)(H,28,31). The minimum atomic E-state index is -4.44.